The molecule has 0 aliphatic rings. The van der Waals surface area contributed by atoms with Gasteiger partial charge in [0.15, 0.2) is 0 Å². The van der Waals surface area contributed by atoms with Gasteiger partial charge in [-0.05, 0) is 103 Å². The first-order valence-corrected chi connectivity index (χ1v) is 25.9. The summed E-state index contributed by atoms with van der Waals surface area (Å²) in [4.78, 5) is 12.4. The lowest BCUT2D eigenvalue weighted by molar-refractivity contribution is -0.123. The number of nitrogens with one attached hydrogen (secondary N) is 1. The molecule has 4 heteroatoms. The lowest BCUT2D eigenvalue weighted by atomic mass is 10.0. The summed E-state index contributed by atoms with van der Waals surface area (Å²) in [6.07, 6.45) is 83.1. The van der Waals surface area contributed by atoms with Crippen LogP contribution < -0.4 is 5.32 Å². The summed E-state index contributed by atoms with van der Waals surface area (Å²) in [7, 11) is 0. The van der Waals surface area contributed by atoms with Gasteiger partial charge < -0.3 is 15.5 Å². The lowest BCUT2D eigenvalue weighted by Gasteiger charge is -2.19. The van der Waals surface area contributed by atoms with E-state index >= 15 is 0 Å². The molecule has 0 aliphatic carbocycles. The van der Waals surface area contributed by atoms with Crippen LogP contribution in [0.1, 0.15) is 213 Å². The van der Waals surface area contributed by atoms with Gasteiger partial charge in [0.2, 0.25) is 5.91 Å². The number of carbonyl (C=O) groups is 1. The molecule has 4 nitrogen and oxygen atoms in total. The second kappa shape index (κ2) is 52.9. The third kappa shape index (κ3) is 49.4. The van der Waals surface area contributed by atoms with E-state index in [1.165, 1.54) is 103 Å². The first-order valence-electron chi connectivity index (χ1n) is 25.9. The van der Waals surface area contributed by atoms with Crippen LogP contribution in [0.25, 0.3) is 0 Å². The van der Waals surface area contributed by atoms with Crippen LogP contribution in [-0.4, -0.2) is 34.9 Å². The maximum atomic E-state index is 12.4. The third-order valence-electron chi connectivity index (χ3n) is 10.8. The van der Waals surface area contributed by atoms with Crippen molar-refractivity contribution in [3.05, 3.63) is 134 Å². The van der Waals surface area contributed by atoms with Crippen LogP contribution in [0.4, 0.5) is 0 Å². The highest BCUT2D eigenvalue weighted by atomic mass is 16.3. The number of carbonyl (C=O) groups excluding carboxylic acids is 1. The van der Waals surface area contributed by atoms with E-state index in [9.17, 15) is 15.0 Å². The fraction of sp³-hybridized carbons (Fsp3) is 0.610. The molecule has 0 heterocycles. The van der Waals surface area contributed by atoms with Gasteiger partial charge in [0.25, 0.3) is 0 Å². The number of rotatable bonds is 45. The van der Waals surface area contributed by atoms with Gasteiger partial charge in [-0.2, -0.15) is 0 Å². The van der Waals surface area contributed by atoms with Crippen molar-refractivity contribution in [2.75, 3.05) is 6.61 Å². The third-order valence-corrected chi connectivity index (χ3v) is 10.8. The van der Waals surface area contributed by atoms with Crippen LogP contribution in [0.5, 0.6) is 0 Å². The molecular formula is C59H97NO3. The van der Waals surface area contributed by atoms with Crippen LogP contribution in [0.2, 0.25) is 0 Å². The molecule has 0 bridgehead atoms. The van der Waals surface area contributed by atoms with Gasteiger partial charge in [0, 0.05) is 6.42 Å². The van der Waals surface area contributed by atoms with Gasteiger partial charge >= 0.3 is 0 Å². The van der Waals surface area contributed by atoms with Gasteiger partial charge in [-0.1, -0.05) is 237 Å². The number of hydrogen-bond donors (Lipinski definition) is 3. The second-order valence-electron chi connectivity index (χ2n) is 16.8. The van der Waals surface area contributed by atoms with Crippen molar-refractivity contribution in [2.45, 2.75) is 225 Å². The Morgan fingerprint density at radius 2 is 0.714 bits per heavy atom. The highest BCUT2D eigenvalue weighted by molar-refractivity contribution is 5.76. The number of hydrogen-bond acceptors (Lipinski definition) is 3. The minimum atomic E-state index is -0.876. The van der Waals surface area contributed by atoms with E-state index in [1.54, 1.807) is 6.08 Å². The molecule has 0 aromatic rings. The average molecular weight is 868 g/mol. The first-order chi connectivity index (χ1) is 31.2. The zero-order chi connectivity index (χ0) is 45.6. The predicted octanol–water partition coefficient (Wildman–Crippen LogP) is 17.1. The van der Waals surface area contributed by atoms with Gasteiger partial charge in [-0.15, -0.1) is 0 Å². The standard InChI is InChI=1S/C59H97NO3/c1-3-5-7-9-11-13-15-17-18-19-20-21-22-23-24-25-26-27-28-29-30-31-32-33-34-35-36-37-38-39-40-41-42-43-45-47-49-51-53-55-59(63)60-57(56-61)58(62)54-52-50-48-46-44-16-14-12-10-8-6-4-2/h5,7,10-13,17-18,20-21,23-24,26-27,29-30,32-33,44,46,52,54,57-58,61-62H,3-4,6,8-9,14-16,19,22,25,28,31,34-43,45,47-51,53,55-56H2,1-2H3,(H,60,63)/b7-5-,12-10+,13-11-,18-17-,21-20-,24-23-,27-26-,30-29-,33-32-,46-44+,54-52+. The SMILES string of the molecule is CC/C=C\C/C=C\C/C=C\C/C=C\C/C=C\C/C=C\C/C=C\C/C=C\CCCCCCCCCCCCCCCCC(=O)NC(CO)C(O)/C=C/CC/C=C/CC/C=C/CCCC. The Bertz CT molecular complexity index is 1310. The molecular weight excluding hydrogens is 771 g/mol. The quantitative estimate of drug-likeness (QED) is 0.0422. The van der Waals surface area contributed by atoms with Crippen molar-refractivity contribution in [1.82, 2.24) is 5.32 Å². The van der Waals surface area contributed by atoms with E-state index in [-0.39, 0.29) is 12.5 Å². The van der Waals surface area contributed by atoms with Crippen molar-refractivity contribution < 1.29 is 15.0 Å². The number of allylic oxidation sites excluding steroid dienone is 21. The van der Waals surface area contributed by atoms with Gasteiger partial charge in [0.05, 0.1) is 18.8 Å². The van der Waals surface area contributed by atoms with E-state index in [1.807, 2.05) is 6.08 Å². The molecule has 0 aliphatic heterocycles. The number of unbranched alkanes of at least 4 members (excludes halogenated alkanes) is 18. The molecule has 3 N–H and O–H groups in total. The first kappa shape index (κ1) is 59.5. The van der Waals surface area contributed by atoms with Crippen molar-refractivity contribution >= 4 is 5.91 Å². The Morgan fingerprint density at radius 1 is 0.397 bits per heavy atom. The summed E-state index contributed by atoms with van der Waals surface area (Å²) in [6.45, 7) is 4.11. The molecule has 0 aromatic carbocycles. The van der Waals surface area contributed by atoms with Crippen LogP contribution in [0.15, 0.2) is 134 Å². The van der Waals surface area contributed by atoms with Gasteiger partial charge in [0.1, 0.15) is 0 Å². The Morgan fingerprint density at radius 3 is 1.11 bits per heavy atom. The Kier molecular flexibility index (Phi) is 50.0. The fourth-order valence-corrected chi connectivity index (χ4v) is 6.92. The summed E-state index contributed by atoms with van der Waals surface area (Å²) < 4.78 is 0. The molecule has 2 atom stereocenters. The minimum Gasteiger partial charge on any atom is -0.394 e. The Labute approximate surface area is 390 Å². The molecule has 0 spiro atoms. The summed E-state index contributed by atoms with van der Waals surface area (Å²) in [6, 6.07) is -0.652. The Balaban J connectivity index is 3.57. The molecule has 0 saturated carbocycles. The van der Waals surface area contributed by atoms with Crippen LogP contribution in [-0.2, 0) is 4.79 Å². The lowest BCUT2D eigenvalue weighted by Crippen LogP contribution is -2.45. The highest BCUT2D eigenvalue weighted by Crippen LogP contribution is 2.14. The minimum absolute atomic E-state index is 0.0858. The number of amides is 1. The zero-order valence-corrected chi connectivity index (χ0v) is 40.8. The van der Waals surface area contributed by atoms with E-state index in [0.29, 0.717) is 6.42 Å². The monoisotopic (exact) mass is 868 g/mol. The molecule has 63 heavy (non-hydrogen) atoms. The van der Waals surface area contributed by atoms with E-state index in [2.05, 4.69) is 141 Å². The van der Waals surface area contributed by atoms with Crippen molar-refractivity contribution in [3.63, 3.8) is 0 Å². The van der Waals surface area contributed by atoms with Crippen molar-refractivity contribution in [3.8, 4) is 0 Å². The second-order valence-corrected chi connectivity index (χ2v) is 16.8. The molecule has 356 valence electrons. The molecule has 0 radical (unpaired) electrons. The van der Waals surface area contributed by atoms with E-state index in [4.69, 9.17) is 0 Å². The Hall–Kier alpha value is -3.47. The zero-order valence-electron chi connectivity index (χ0n) is 40.8. The summed E-state index contributed by atoms with van der Waals surface area (Å²) in [5, 5.41) is 23.0. The molecule has 0 saturated heterocycles. The summed E-state index contributed by atoms with van der Waals surface area (Å²) in [5.41, 5.74) is 0. The van der Waals surface area contributed by atoms with E-state index in [0.717, 1.165) is 89.9 Å². The molecule has 0 rings (SSSR count). The average Bonchev–Trinajstić information content (AvgIpc) is 3.29. The van der Waals surface area contributed by atoms with Crippen LogP contribution >= 0.6 is 0 Å². The van der Waals surface area contributed by atoms with Gasteiger partial charge in [-0.3, -0.25) is 4.79 Å². The molecule has 2 unspecified atom stereocenters. The normalized spacial score (nSPS) is 14.0. The maximum Gasteiger partial charge on any atom is 0.220 e. The fourth-order valence-electron chi connectivity index (χ4n) is 6.92. The van der Waals surface area contributed by atoms with E-state index < -0.39 is 12.1 Å². The number of aliphatic hydroxyl groups excluding tert-OH is 2. The van der Waals surface area contributed by atoms with Gasteiger partial charge in [-0.25, -0.2) is 0 Å². The molecule has 1 amide bonds. The highest BCUT2D eigenvalue weighted by Gasteiger charge is 2.17. The summed E-state index contributed by atoms with van der Waals surface area (Å²) >= 11 is 0. The van der Waals surface area contributed by atoms with Crippen molar-refractivity contribution in [2.24, 2.45) is 0 Å². The van der Waals surface area contributed by atoms with Crippen LogP contribution in [0, 0.1) is 0 Å². The van der Waals surface area contributed by atoms with Crippen molar-refractivity contribution in [1.29, 1.82) is 0 Å². The number of aliphatic hydroxyl groups is 2. The largest absolute Gasteiger partial charge is 0.394 e. The smallest absolute Gasteiger partial charge is 0.220 e. The van der Waals surface area contributed by atoms with Crippen LogP contribution in [0.3, 0.4) is 0 Å². The summed E-state index contributed by atoms with van der Waals surface area (Å²) in [5.74, 6) is -0.0858. The predicted molar refractivity (Wildman–Crippen MR) is 280 cm³/mol. The molecule has 0 fully saturated rings. The topological polar surface area (TPSA) is 69.6 Å². The molecule has 0 aromatic heterocycles. The maximum absolute atomic E-state index is 12.4.